The van der Waals surface area contributed by atoms with Crippen molar-refractivity contribution >= 4 is 7.82 Å². The average molecular weight is 527 g/mol. The first-order chi connectivity index (χ1) is 18.0. The van der Waals surface area contributed by atoms with Crippen LogP contribution >= 0.6 is 7.82 Å². The number of fused-ring (bicyclic) bond motifs is 1. The van der Waals surface area contributed by atoms with Crippen LogP contribution in [0.5, 0.6) is 0 Å². The molecule has 0 bridgehead atoms. The lowest BCUT2D eigenvalue weighted by molar-refractivity contribution is -0.245. The summed E-state index contributed by atoms with van der Waals surface area (Å²) in [5.74, 6) is -0.590. The molecule has 5 rings (SSSR count). The predicted molar refractivity (Wildman–Crippen MR) is 135 cm³/mol. The molecule has 0 radical (unpaired) electrons. The summed E-state index contributed by atoms with van der Waals surface area (Å²) in [7, 11) is -3.99. The highest BCUT2D eigenvalue weighted by molar-refractivity contribution is 7.48. The molecule has 1 saturated carbocycles. The fourth-order valence-corrected chi connectivity index (χ4v) is 6.14. The molecule has 3 aromatic rings. The second kappa shape index (κ2) is 12.0. The molecule has 1 aliphatic heterocycles. The van der Waals surface area contributed by atoms with Crippen molar-refractivity contribution in [3.63, 3.8) is 0 Å². The van der Waals surface area contributed by atoms with Gasteiger partial charge in [-0.25, -0.2) is 4.57 Å². The lowest BCUT2D eigenvalue weighted by Crippen LogP contribution is -2.64. The van der Waals surface area contributed by atoms with Crippen molar-refractivity contribution in [2.75, 3.05) is 6.61 Å². The Balaban J connectivity index is 1.33. The molecular weight excluding hydrogens is 495 g/mol. The quantitative estimate of drug-likeness (QED) is 0.399. The molecule has 37 heavy (non-hydrogen) atoms. The van der Waals surface area contributed by atoms with Crippen LogP contribution in [0.4, 0.5) is 0 Å². The Kier molecular flexibility index (Phi) is 8.49. The van der Waals surface area contributed by atoms with Crippen LogP contribution in [0.15, 0.2) is 91.0 Å². The maximum atomic E-state index is 13.3. The van der Waals surface area contributed by atoms with E-state index >= 15 is 0 Å². The molecule has 0 aromatic heterocycles. The van der Waals surface area contributed by atoms with Gasteiger partial charge in [0.1, 0.15) is 24.4 Å². The summed E-state index contributed by atoms with van der Waals surface area (Å²) < 4.78 is 42.4. The van der Waals surface area contributed by atoms with Crippen molar-refractivity contribution in [1.82, 2.24) is 0 Å². The first-order valence-electron chi connectivity index (χ1n) is 12.3. The summed E-state index contributed by atoms with van der Waals surface area (Å²) in [4.78, 5) is 0. The number of ether oxygens (including phenoxy) is 2. The van der Waals surface area contributed by atoms with Crippen LogP contribution in [0.25, 0.3) is 0 Å². The van der Waals surface area contributed by atoms with Crippen LogP contribution in [0.3, 0.4) is 0 Å². The molecular formula is C28H31O8P. The molecule has 9 heteroatoms. The number of phosphoric ester groups is 1. The predicted octanol–water partition coefficient (Wildman–Crippen LogP) is 4.25. The van der Waals surface area contributed by atoms with Gasteiger partial charge in [0.25, 0.3) is 0 Å². The standard InChI is InChI=1S/C28H31O8P/c29-24-26(32-16-20-10-4-1-5-11-20)23-19-35-37(31,34-18-22-14-8-3-9-15-22)36-27(23)25(30)28(24)33-17-21-12-6-2-7-13-21/h1-15,23-30H,16-19H2/t23-,24+,25-,26-,27+,28-,37-/m0/s1. The molecule has 2 N–H and O–H groups in total. The van der Waals surface area contributed by atoms with Crippen molar-refractivity contribution in [2.45, 2.75) is 50.3 Å². The van der Waals surface area contributed by atoms with Gasteiger partial charge < -0.3 is 19.7 Å². The Bertz CT molecular complexity index is 1160. The highest BCUT2D eigenvalue weighted by atomic mass is 31.2. The van der Waals surface area contributed by atoms with Crippen LogP contribution in [0.2, 0.25) is 0 Å². The highest BCUT2D eigenvalue weighted by Gasteiger charge is 2.57. The van der Waals surface area contributed by atoms with E-state index in [4.69, 9.17) is 23.0 Å². The second-order valence-corrected chi connectivity index (χ2v) is 10.9. The summed E-state index contributed by atoms with van der Waals surface area (Å²) in [6, 6.07) is 28.3. The van der Waals surface area contributed by atoms with E-state index < -0.39 is 44.3 Å². The number of rotatable bonds is 9. The van der Waals surface area contributed by atoms with E-state index in [-0.39, 0.29) is 26.4 Å². The molecule has 1 saturated heterocycles. The Morgan fingerprint density at radius 2 is 1.19 bits per heavy atom. The zero-order chi connectivity index (χ0) is 25.7. The van der Waals surface area contributed by atoms with Crippen molar-refractivity contribution < 1.29 is 37.8 Å². The van der Waals surface area contributed by atoms with E-state index in [9.17, 15) is 14.8 Å². The Hall–Kier alpha value is -2.39. The van der Waals surface area contributed by atoms with Crippen LogP contribution in [-0.2, 0) is 47.4 Å². The zero-order valence-electron chi connectivity index (χ0n) is 20.2. The van der Waals surface area contributed by atoms with E-state index in [0.29, 0.717) is 0 Å². The molecule has 0 spiro atoms. The zero-order valence-corrected chi connectivity index (χ0v) is 21.1. The number of benzene rings is 3. The summed E-state index contributed by atoms with van der Waals surface area (Å²) >= 11 is 0. The lowest BCUT2D eigenvalue weighted by atomic mass is 9.78. The minimum atomic E-state index is -3.99. The summed E-state index contributed by atoms with van der Waals surface area (Å²) in [5.41, 5.74) is 2.61. The average Bonchev–Trinajstić information content (AvgIpc) is 2.94. The maximum Gasteiger partial charge on any atom is 0.475 e. The Morgan fingerprint density at radius 3 is 1.73 bits per heavy atom. The van der Waals surface area contributed by atoms with Gasteiger partial charge in [0.2, 0.25) is 0 Å². The third-order valence-electron chi connectivity index (χ3n) is 6.67. The smallest absolute Gasteiger partial charge is 0.388 e. The molecule has 1 heterocycles. The molecule has 196 valence electrons. The Labute approximate surface area is 216 Å². The van der Waals surface area contributed by atoms with Crippen LogP contribution in [-0.4, -0.2) is 47.3 Å². The van der Waals surface area contributed by atoms with Crippen LogP contribution in [0.1, 0.15) is 16.7 Å². The van der Waals surface area contributed by atoms with E-state index in [1.807, 2.05) is 91.0 Å². The minimum absolute atomic E-state index is 0.0239. The van der Waals surface area contributed by atoms with Gasteiger partial charge in [-0.2, -0.15) is 0 Å². The fourth-order valence-electron chi connectivity index (χ4n) is 4.70. The lowest BCUT2D eigenvalue weighted by Gasteiger charge is -2.49. The second-order valence-electron chi connectivity index (χ2n) is 9.24. The molecule has 0 unspecified atom stereocenters. The summed E-state index contributed by atoms with van der Waals surface area (Å²) in [5, 5.41) is 22.5. The van der Waals surface area contributed by atoms with Crippen molar-refractivity contribution in [3.8, 4) is 0 Å². The van der Waals surface area contributed by atoms with Gasteiger partial charge in [-0.3, -0.25) is 13.6 Å². The highest BCUT2D eigenvalue weighted by Crippen LogP contribution is 2.57. The first-order valence-corrected chi connectivity index (χ1v) is 13.8. The van der Waals surface area contributed by atoms with Crippen molar-refractivity contribution in [3.05, 3.63) is 108 Å². The third-order valence-corrected chi connectivity index (χ3v) is 8.08. The topological polar surface area (TPSA) is 104 Å². The molecule has 8 nitrogen and oxygen atoms in total. The number of phosphoric acid groups is 1. The van der Waals surface area contributed by atoms with Gasteiger partial charge in [0.15, 0.2) is 0 Å². The monoisotopic (exact) mass is 526 g/mol. The number of aliphatic hydroxyl groups excluding tert-OH is 2. The van der Waals surface area contributed by atoms with Gasteiger partial charge in [0.05, 0.1) is 32.5 Å². The first kappa shape index (κ1) is 26.2. The van der Waals surface area contributed by atoms with E-state index in [1.165, 1.54) is 0 Å². The summed E-state index contributed by atoms with van der Waals surface area (Å²) in [6.45, 7) is 0.350. The number of hydrogen-bond acceptors (Lipinski definition) is 8. The Morgan fingerprint density at radius 1 is 0.703 bits per heavy atom. The van der Waals surface area contributed by atoms with Gasteiger partial charge in [-0.15, -0.1) is 0 Å². The molecule has 0 amide bonds. The molecule has 7 atom stereocenters. The SMILES string of the molecule is O=[P@]1(OCc2ccccc2)OC[C@H]2[C@H](OCc3ccccc3)[C@@H](O)[C@H](OCc3ccccc3)[C@@H](O)[C@@H]2O1. The van der Waals surface area contributed by atoms with Gasteiger partial charge in [-0.1, -0.05) is 91.0 Å². The maximum absolute atomic E-state index is 13.3. The van der Waals surface area contributed by atoms with Crippen molar-refractivity contribution in [1.29, 1.82) is 0 Å². The van der Waals surface area contributed by atoms with Crippen molar-refractivity contribution in [2.24, 2.45) is 5.92 Å². The van der Waals surface area contributed by atoms with Gasteiger partial charge >= 0.3 is 7.82 Å². The molecule has 2 aliphatic rings. The van der Waals surface area contributed by atoms with Crippen LogP contribution in [0, 0.1) is 5.92 Å². The fraction of sp³-hybridized carbons (Fsp3) is 0.357. The van der Waals surface area contributed by atoms with E-state index in [2.05, 4.69) is 0 Å². The third kappa shape index (κ3) is 6.37. The van der Waals surface area contributed by atoms with Crippen LogP contribution < -0.4 is 0 Å². The molecule has 3 aromatic carbocycles. The van der Waals surface area contributed by atoms with E-state index in [0.717, 1.165) is 16.7 Å². The number of hydrogen-bond donors (Lipinski definition) is 2. The summed E-state index contributed by atoms with van der Waals surface area (Å²) in [6.07, 6.45) is -5.27. The largest absolute Gasteiger partial charge is 0.475 e. The van der Waals surface area contributed by atoms with Gasteiger partial charge in [0, 0.05) is 5.92 Å². The minimum Gasteiger partial charge on any atom is -0.388 e. The molecule has 1 aliphatic carbocycles. The van der Waals surface area contributed by atoms with E-state index in [1.54, 1.807) is 0 Å². The molecule has 2 fully saturated rings. The normalized spacial score (nSPS) is 31.5. The van der Waals surface area contributed by atoms with Gasteiger partial charge in [-0.05, 0) is 16.7 Å². The number of aliphatic hydroxyl groups is 2.